The Morgan fingerprint density at radius 3 is 1.45 bits per heavy atom. The number of para-hydroxylation sites is 2. The first-order chi connectivity index (χ1) is 15.2. The average Bonchev–Trinajstić information content (AvgIpc) is 2.80. The lowest BCUT2D eigenvalue weighted by atomic mass is 9.96. The molecule has 0 aliphatic rings. The predicted molar refractivity (Wildman–Crippen MR) is 125 cm³/mol. The average molecular weight is 402 g/mol. The van der Waals surface area contributed by atoms with E-state index in [-0.39, 0.29) is 11.5 Å². The smallest absolute Gasteiger partial charge is 0.121 e. The van der Waals surface area contributed by atoms with Crippen molar-refractivity contribution in [2.75, 3.05) is 0 Å². The third-order valence-electron chi connectivity index (χ3n) is 5.89. The number of rotatable bonds is 2. The first kappa shape index (κ1) is 17.7. The van der Waals surface area contributed by atoms with Crippen LogP contribution in [0.25, 0.3) is 43.6 Å². The molecule has 4 nitrogen and oxygen atoms in total. The first-order valence-electron chi connectivity index (χ1n) is 10.2. The summed E-state index contributed by atoms with van der Waals surface area (Å²) in [5.41, 5.74) is 4.56. The molecule has 0 aliphatic carbocycles. The summed E-state index contributed by atoms with van der Waals surface area (Å²) in [5, 5.41) is 25.5. The fourth-order valence-corrected chi connectivity index (χ4v) is 4.31. The van der Waals surface area contributed by atoms with Crippen molar-refractivity contribution < 1.29 is 10.2 Å². The van der Waals surface area contributed by atoms with Crippen LogP contribution in [-0.4, -0.2) is 20.2 Å². The van der Waals surface area contributed by atoms with E-state index in [4.69, 9.17) is 9.97 Å². The van der Waals surface area contributed by atoms with Crippen LogP contribution in [0.5, 0.6) is 11.5 Å². The van der Waals surface area contributed by atoms with E-state index in [0.717, 1.165) is 43.6 Å². The van der Waals surface area contributed by atoms with Crippen molar-refractivity contribution in [3.8, 4) is 11.5 Å². The minimum atomic E-state index is 0.160. The molecule has 0 saturated heterocycles. The van der Waals surface area contributed by atoms with Crippen LogP contribution in [0.3, 0.4) is 0 Å². The highest BCUT2D eigenvalue weighted by molar-refractivity contribution is 5.97. The maximum Gasteiger partial charge on any atom is 0.121 e. The molecule has 6 rings (SSSR count). The lowest BCUT2D eigenvalue weighted by Gasteiger charge is -2.13. The lowest BCUT2D eigenvalue weighted by Crippen LogP contribution is -1.97. The van der Waals surface area contributed by atoms with E-state index in [0.29, 0.717) is 17.5 Å². The molecule has 2 N–H and O–H groups in total. The molecule has 2 aromatic heterocycles. The summed E-state index contributed by atoms with van der Waals surface area (Å²) in [7, 11) is 0. The number of hydrogen-bond acceptors (Lipinski definition) is 4. The van der Waals surface area contributed by atoms with Crippen LogP contribution >= 0.6 is 0 Å². The van der Waals surface area contributed by atoms with E-state index >= 15 is 0 Å². The van der Waals surface area contributed by atoms with Crippen molar-refractivity contribution in [1.29, 1.82) is 0 Å². The highest BCUT2D eigenvalue weighted by Crippen LogP contribution is 2.35. The van der Waals surface area contributed by atoms with Gasteiger partial charge in [-0.3, -0.25) is 0 Å². The normalized spacial score (nSPS) is 11.6. The van der Waals surface area contributed by atoms with Crippen LogP contribution in [0.2, 0.25) is 0 Å². The molecule has 4 aromatic carbocycles. The maximum atomic E-state index is 10.7. The summed E-state index contributed by atoms with van der Waals surface area (Å²) in [4.78, 5) is 9.66. The topological polar surface area (TPSA) is 66.2 Å². The van der Waals surface area contributed by atoms with E-state index < -0.39 is 0 Å². The van der Waals surface area contributed by atoms with Crippen LogP contribution in [0.1, 0.15) is 11.1 Å². The molecule has 0 bridgehead atoms. The molecule has 148 valence electrons. The molecule has 0 saturated carbocycles. The van der Waals surface area contributed by atoms with Gasteiger partial charge in [0.2, 0.25) is 0 Å². The SMILES string of the molecule is Oc1ccc2cc3ccccc3nc2c1Cc1c(O)ccc2cc3ccccc3nc12. The van der Waals surface area contributed by atoms with Crippen molar-refractivity contribution >= 4 is 43.6 Å². The number of nitrogens with zero attached hydrogens (tertiary/aromatic N) is 2. The number of benzene rings is 4. The summed E-state index contributed by atoms with van der Waals surface area (Å²) < 4.78 is 0. The van der Waals surface area contributed by atoms with E-state index in [1.54, 1.807) is 12.1 Å². The molecule has 0 fully saturated rings. The fraction of sp³-hybridized carbons (Fsp3) is 0.0370. The Bertz CT molecular complexity index is 1520. The quantitative estimate of drug-likeness (QED) is 0.344. The Kier molecular flexibility index (Phi) is 3.80. The zero-order chi connectivity index (χ0) is 20.9. The van der Waals surface area contributed by atoms with Gasteiger partial charge in [0.05, 0.1) is 22.1 Å². The number of fused-ring (bicyclic) bond motifs is 4. The molecular weight excluding hydrogens is 384 g/mol. The molecule has 6 aromatic rings. The van der Waals surface area contributed by atoms with Crippen molar-refractivity contribution in [2.24, 2.45) is 0 Å². The number of hydrogen-bond donors (Lipinski definition) is 2. The maximum absolute atomic E-state index is 10.7. The molecule has 4 heteroatoms. The molecule has 2 heterocycles. The third kappa shape index (κ3) is 2.84. The van der Waals surface area contributed by atoms with Gasteiger partial charge in [-0.2, -0.15) is 0 Å². The number of phenols is 2. The van der Waals surface area contributed by atoms with Gasteiger partial charge in [-0.1, -0.05) is 36.4 Å². The van der Waals surface area contributed by atoms with Crippen molar-refractivity contribution in [1.82, 2.24) is 9.97 Å². The number of phenolic OH excluding ortho intramolecular Hbond substituents is 2. The second-order valence-electron chi connectivity index (χ2n) is 7.81. The zero-order valence-corrected chi connectivity index (χ0v) is 16.6. The predicted octanol–water partition coefficient (Wildman–Crippen LogP) is 6.09. The van der Waals surface area contributed by atoms with E-state index in [1.165, 1.54) is 0 Å². The van der Waals surface area contributed by atoms with E-state index in [2.05, 4.69) is 12.1 Å². The van der Waals surface area contributed by atoms with Gasteiger partial charge in [0.15, 0.2) is 0 Å². The zero-order valence-electron chi connectivity index (χ0n) is 16.6. The Balaban J connectivity index is 1.61. The van der Waals surface area contributed by atoms with Gasteiger partial charge in [0.1, 0.15) is 11.5 Å². The van der Waals surface area contributed by atoms with Crippen molar-refractivity contribution in [3.63, 3.8) is 0 Å². The Labute approximate surface area is 178 Å². The molecule has 0 spiro atoms. The van der Waals surface area contributed by atoms with Gasteiger partial charge < -0.3 is 10.2 Å². The second kappa shape index (κ2) is 6.67. The minimum Gasteiger partial charge on any atom is -0.508 e. The fourth-order valence-electron chi connectivity index (χ4n) is 4.31. The highest BCUT2D eigenvalue weighted by atomic mass is 16.3. The molecule has 0 unspecified atom stereocenters. The van der Waals surface area contributed by atoms with Crippen molar-refractivity contribution in [3.05, 3.63) is 96.1 Å². The summed E-state index contributed by atoms with van der Waals surface area (Å²) in [6, 6.07) is 27.2. The van der Waals surface area contributed by atoms with Gasteiger partial charge in [0, 0.05) is 39.1 Å². The number of aromatic hydroxyl groups is 2. The number of pyridine rings is 2. The van der Waals surface area contributed by atoms with E-state index in [1.807, 2.05) is 60.7 Å². The Hall–Kier alpha value is -4.18. The molecule has 0 aliphatic heterocycles. The summed E-state index contributed by atoms with van der Waals surface area (Å²) in [6.45, 7) is 0. The molecule has 0 atom stereocenters. The second-order valence-corrected chi connectivity index (χ2v) is 7.81. The van der Waals surface area contributed by atoms with Crippen LogP contribution in [-0.2, 0) is 6.42 Å². The summed E-state index contributed by atoms with van der Waals surface area (Å²) in [5.74, 6) is 0.319. The lowest BCUT2D eigenvalue weighted by molar-refractivity contribution is 0.464. The van der Waals surface area contributed by atoms with Crippen LogP contribution in [0, 0.1) is 0 Å². The standard InChI is InChI=1S/C27H18N2O2/c30-24-11-9-18-13-16-5-1-3-7-22(16)28-26(18)20(24)15-21-25(31)12-10-19-14-17-6-2-4-8-23(17)29-27(19)21/h1-14,30-31H,15H2. The summed E-state index contributed by atoms with van der Waals surface area (Å²) >= 11 is 0. The Morgan fingerprint density at radius 1 is 0.516 bits per heavy atom. The number of aromatic nitrogens is 2. The van der Waals surface area contributed by atoms with Crippen molar-refractivity contribution in [2.45, 2.75) is 6.42 Å². The van der Waals surface area contributed by atoms with Crippen LogP contribution in [0.15, 0.2) is 84.9 Å². The molecule has 0 radical (unpaired) electrons. The van der Waals surface area contributed by atoms with E-state index in [9.17, 15) is 10.2 Å². The van der Waals surface area contributed by atoms with Gasteiger partial charge in [-0.05, 0) is 48.5 Å². The first-order valence-corrected chi connectivity index (χ1v) is 10.2. The largest absolute Gasteiger partial charge is 0.508 e. The van der Waals surface area contributed by atoms with Crippen LogP contribution in [0.4, 0.5) is 0 Å². The van der Waals surface area contributed by atoms with Crippen LogP contribution < -0.4 is 0 Å². The summed E-state index contributed by atoms with van der Waals surface area (Å²) in [6.07, 6.45) is 0.322. The van der Waals surface area contributed by atoms with Gasteiger partial charge in [-0.25, -0.2) is 9.97 Å². The van der Waals surface area contributed by atoms with Gasteiger partial charge in [-0.15, -0.1) is 0 Å². The third-order valence-corrected chi connectivity index (χ3v) is 5.89. The molecule has 0 amide bonds. The Morgan fingerprint density at radius 2 is 0.968 bits per heavy atom. The van der Waals surface area contributed by atoms with Gasteiger partial charge in [0.25, 0.3) is 0 Å². The molecule has 31 heavy (non-hydrogen) atoms. The highest BCUT2D eigenvalue weighted by Gasteiger charge is 2.16. The molecular formula is C27H18N2O2. The minimum absolute atomic E-state index is 0.160. The van der Waals surface area contributed by atoms with Gasteiger partial charge >= 0.3 is 0 Å². The monoisotopic (exact) mass is 402 g/mol.